The van der Waals surface area contributed by atoms with Gasteiger partial charge in [0.2, 0.25) is 0 Å². The minimum atomic E-state index is 0.0175. The lowest BCUT2D eigenvalue weighted by molar-refractivity contribution is 0.0947. The standard InChI is InChI=1S/C16H19N3O/c20-16(17-12-13-4-1-2-5-13)14-6-8-15(9-7-14)19-11-3-10-18-19/h3,6-11,13H,1-2,4-5,12H2,(H,17,20). The fourth-order valence-corrected chi connectivity index (χ4v) is 2.74. The highest BCUT2D eigenvalue weighted by Crippen LogP contribution is 2.23. The molecule has 0 bridgehead atoms. The molecule has 4 nitrogen and oxygen atoms in total. The average molecular weight is 269 g/mol. The second-order valence-corrected chi connectivity index (χ2v) is 5.36. The molecule has 0 aliphatic heterocycles. The highest BCUT2D eigenvalue weighted by molar-refractivity contribution is 5.94. The molecule has 1 heterocycles. The Hall–Kier alpha value is -2.10. The summed E-state index contributed by atoms with van der Waals surface area (Å²) in [5.74, 6) is 0.686. The zero-order valence-electron chi connectivity index (χ0n) is 11.5. The van der Waals surface area contributed by atoms with E-state index in [-0.39, 0.29) is 5.91 Å². The van der Waals surface area contributed by atoms with Crippen LogP contribution < -0.4 is 5.32 Å². The molecule has 3 rings (SSSR count). The number of benzene rings is 1. The quantitative estimate of drug-likeness (QED) is 0.927. The van der Waals surface area contributed by atoms with Gasteiger partial charge in [-0.25, -0.2) is 4.68 Å². The van der Waals surface area contributed by atoms with E-state index in [1.165, 1.54) is 25.7 Å². The number of nitrogens with zero attached hydrogens (tertiary/aromatic N) is 2. The summed E-state index contributed by atoms with van der Waals surface area (Å²) in [6.45, 7) is 0.805. The van der Waals surface area contributed by atoms with Crippen LogP contribution in [0.25, 0.3) is 5.69 Å². The summed E-state index contributed by atoms with van der Waals surface area (Å²) in [5.41, 5.74) is 1.67. The van der Waals surface area contributed by atoms with E-state index >= 15 is 0 Å². The fourth-order valence-electron chi connectivity index (χ4n) is 2.74. The molecule has 1 saturated carbocycles. The zero-order chi connectivity index (χ0) is 13.8. The van der Waals surface area contributed by atoms with Gasteiger partial charge in [-0.1, -0.05) is 12.8 Å². The lowest BCUT2D eigenvalue weighted by Crippen LogP contribution is -2.28. The Morgan fingerprint density at radius 2 is 2.00 bits per heavy atom. The van der Waals surface area contributed by atoms with Crippen molar-refractivity contribution in [3.63, 3.8) is 0 Å². The molecular weight excluding hydrogens is 250 g/mol. The van der Waals surface area contributed by atoms with E-state index in [1.54, 1.807) is 10.9 Å². The van der Waals surface area contributed by atoms with Gasteiger partial charge in [0.05, 0.1) is 5.69 Å². The molecule has 0 radical (unpaired) electrons. The summed E-state index contributed by atoms with van der Waals surface area (Å²) in [5, 5.41) is 7.20. The smallest absolute Gasteiger partial charge is 0.251 e. The summed E-state index contributed by atoms with van der Waals surface area (Å²) >= 11 is 0. The first-order valence-corrected chi connectivity index (χ1v) is 7.21. The van der Waals surface area contributed by atoms with Crippen molar-refractivity contribution in [2.24, 2.45) is 5.92 Å². The molecular formula is C16H19N3O. The lowest BCUT2D eigenvalue weighted by Gasteiger charge is -2.10. The van der Waals surface area contributed by atoms with Crippen LogP contribution in [-0.2, 0) is 0 Å². The number of aromatic nitrogens is 2. The number of carbonyl (C=O) groups is 1. The predicted molar refractivity (Wildman–Crippen MR) is 77.9 cm³/mol. The van der Waals surface area contributed by atoms with Crippen LogP contribution >= 0.6 is 0 Å². The van der Waals surface area contributed by atoms with Gasteiger partial charge in [0.1, 0.15) is 0 Å². The molecule has 1 amide bonds. The molecule has 1 aromatic carbocycles. The first-order valence-electron chi connectivity index (χ1n) is 7.21. The van der Waals surface area contributed by atoms with Gasteiger partial charge < -0.3 is 5.32 Å². The number of nitrogens with one attached hydrogen (secondary N) is 1. The fraction of sp³-hybridized carbons (Fsp3) is 0.375. The summed E-state index contributed by atoms with van der Waals surface area (Å²) < 4.78 is 1.78. The van der Waals surface area contributed by atoms with Crippen LogP contribution in [0.4, 0.5) is 0 Å². The van der Waals surface area contributed by atoms with Gasteiger partial charge >= 0.3 is 0 Å². The zero-order valence-corrected chi connectivity index (χ0v) is 11.5. The summed E-state index contributed by atoms with van der Waals surface area (Å²) in [7, 11) is 0. The molecule has 4 heteroatoms. The highest BCUT2D eigenvalue weighted by atomic mass is 16.1. The van der Waals surface area contributed by atoms with Gasteiger partial charge in [-0.3, -0.25) is 4.79 Å². The van der Waals surface area contributed by atoms with Crippen molar-refractivity contribution >= 4 is 5.91 Å². The third-order valence-electron chi connectivity index (χ3n) is 3.92. The monoisotopic (exact) mass is 269 g/mol. The molecule has 2 aromatic rings. The van der Waals surface area contributed by atoms with E-state index in [1.807, 2.05) is 36.5 Å². The van der Waals surface area contributed by atoms with Crippen molar-refractivity contribution in [2.75, 3.05) is 6.54 Å². The van der Waals surface area contributed by atoms with Gasteiger partial charge in [0, 0.05) is 24.5 Å². The molecule has 1 aromatic heterocycles. The molecule has 0 atom stereocenters. The van der Waals surface area contributed by atoms with Crippen molar-refractivity contribution in [3.05, 3.63) is 48.3 Å². The maximum Gasteiger partial charge on any atom is 0.251 e. The van der Waals surface area contributed by atoms with E-state index in [4.69, 9.17) is 0 Å². The Bertz CT molecular complexity index is 554. The van der Waals surface area contributed by atoms with Crippen molar-refractivity contribution in [1.82, 2.24) is 15.1 Å². The van der Waals surface area contributed by atoms with Crippen LogP contribution in [0.1, 0.15) is 36.0 Å². The Balaban J connectivity index is 1.60. The minimum Gasteiger partial charge on any atom is -0.352 e. The normalized spacial score (nSPS) is 15.4. The number of hydrogen-bond donors (Lipinski definition) is 1. The largest absolute Gasteiger partial charge is 0.352 e. The number of carbonyl (C=O) groups excluding carboxylic acids is 1. The van der Waals surface area contributed by atoms with E-state index in [2.05, 4.69) is 10.4 Å². The van der Waals surface area contributed by atoms with Gasteiger partial charge in [-0.2, -0.15) is 5.10 Å². The Labute approximate surface area is 118 Å². The van der Waals surface area contributed by atoms with Crippen molar-refractivity contribution in [3.8, 4) is 5.69 Å². The van der Waals surface area contributed by atoms with Crippen LogP contribution in [0.3, 0.4) is 0 Å². The predicted octanol–water partition coefficient (Wildman–Crippen LogP) is 2.79. The average Bonchev–Trinajstić information content (AvgIpc) is 3.18. The van der Waals surface area contributed by atoms with Gasteiger partial charge in [-0.15, -0.1) is 0 Å². The topological polar surface area (TPSA) is 46.9 Å². The molecule has 0 unspecified atom stereocenters. The summed E-state index contributed by atoms with van der Waals surface area (Å²) in [6.07, 6.45) is 8.73. The second-order valence-electron chi connectivity index (χ2n) is 5.36. The van der Waals surface area contributed by atoms with Gasteiger partial charge in [0.15, 0.2) is 0 Å². The van der Waals surface area contributed by atoms with Crippen molar-refractivity contribution < 1.29 is 4.79 Å². The van der Waals surface area contributed by atoms with Crippen LogP contribution in [0.2, 0.25) is 0 Å². The molecule has 1 fully saturated rings. The first kappa shape index (κ1) is 12.9. The molecule has 1 aliphatic carbocycles. The van der Waals surface area contributed by atoms with E-state index < -0.39 is 0 Å². The first-order chi connectivity index (χ1) is 9.83. The Morgan fingerprint density at radius 3 is 2.65 bits per heavy atom. The van der Waals surface area contributed by atoms with Crippen LogP contribution in [0.15, 0.2) is 42.7 Å². The third-order valence-corrected chi connectivity index (χ3v) is 3.92. The van der Waals surface area contributed by atoms with Gasteiger partial charge in [-0.05, 0) is 49.1 Å². The maximum atomic E-state index is 12.1. The second kappa shape index (κ2) is 5.90. The molecule has 0 spiro atoms. The molecule has 1 N–H and O–H groups in total. The number of hydrogen-bond acceptors (Lipinski definition) is 2. The summed E-state index contributed by atoms with van der Waals surface area (Å²) in [6, 6.07) is 9.40. The van der Waals surface area contributed by atoms with E-state index in [0.29, 0.717) is 11.5 Å². The lowest BCUT2D eigenvalue weighted by atomic mass is 10.1. The Kier molecular flexibility index (Phi) is 3.81. The van der Waals surface area contributed by atoms with Crippen molar-refractivity contribution in [1.29, 1.82) is 0 Å². The van der Waals surface area contributed by atoms with Crippen LogP contribution in [0.5, 0.6) is 0 Å². The van der Waals surface area contributed by atoms with Crippen LogP contribution in [-0.4, -0.2) is 22.2 Å². The minimum absolute atomic E-state index is 0.0175. The molecule has 1 aliphatic rings. The SMILES string of the molecule is O=C(NCC1CCCC1)c1ccc(-n2cccn2)cc1. The Morgan fingerprint density at radius 1 is 1.25 bits per heavy atom. The van der Waals surface area contributed by atoms with E-state index in [9.17, 15) is 4.79 Å². The number of amides is 1. The summed E-state index contributed by atoms with van der Waals surface area (Å²) in [4.78, 5) is 12.1. The molecule has 104 valence electrons. The third kappa shape index (κ3) is 2.90. The maximum absolute atomic E-state index is 12.1. The number of rotatable bonds is 4. The van der Waals surface area contributed by atoms with Crippen LogP contribution in [0, 0.1) is 5.92 Å². The highest BCUT2D eigenvalue weighted by Gasteiger charge is 2.16. The molecule has 20 heavy (non-hydrogen) atoms. The van der Waals surface area contributed by atoms with Gasteiger partial charge in [0.25, 0.3) is 5.91 Å². The molecule has 0 saturated heterocycles. The van der Waals surface area contributed by atoms with E-state index in [0.717, 1.165) is 12.2 Å². The van der Waals surface area contributed by atoms with Crippen molar-refractivity contribution in [2.45, 2.75) is 25.7 Å².